The summed E-state index contributed by atoms with van der Waals surface area (Å²) in [6, 6.07) is 24.1. The van der Waals surface area contributed by atoms with Gasteiger partial charge in [-0.15, -0.1) is 0 Å². The van der Waals surface area contributed by atoms with E-state index >= 15 is 0 Å². The highest BCUT2D eigenvalue weighted by molar-refractivity contribution is 5.95. The molecule has 0 saturated heterocycles. The highest BCUT2D eigenvalue weighted by Crippen LogP contribution is 2.24. The summed E-state index contributed by atoms with van der Waals surface area (Å²) in [5, 5.41) is 2.97. The van der Waals surface area contributed by atoms with Gasteiger partial charge in [-0.2, -0.15) is 4.98 Å². The van der Waals surface area contributed by atoms with Crippen molar-refractivity contribution in [2.75, 3.05) is 7.11 Å². The van der Waals surface area contributed by atoms with Crippen LogP contribution in [-0.4, -0.2) is 23.0 Å². The first-order valence-corrected chi connectivity index (χ1v) is 10.2. The first-order chi connectivity index (χ1) is 15.6. The number of hydrogen-bond donors (Lipinski definition) is 1. The summed E-state index contributed by atoms with van der Waals surface area (Å²) < 4.78 is 11.0. The number of nitrogens with one attached hydrogen (secondary N) is 1. The third kappa shape index (κ3) is 5.10. The van der Waals surface area contributed by atoms with Crippen LogP contribution in [0.4, 0.5) is 0 Å². The van der Waals surface area contributed by atoms with Crippen molar-refractivity contribution in [1.82, 2.24) is 15.3 Å². The molecule has 160 valence electrons. The van der Waals surface area contributed by atoms with Crippen molar-refractivity contribution in [1.29, 1.82) is 0 Å². The number of aryl methyl sites for hydroxylation is 1. The molecule has 0 bridgehead atoms. The molecule has 1 aromatic heterocycles. The van der Waals surface area contributed by atoms with Gasteiger partial charge >= 0.3 is 0 Å². The zero-order chi connectivity index (χ0) is 22.3. The Morgan fingerprint density at radius 2 is 1.72 bits per heavy atom. The van der Waals surface area contributed by atoms with Crippen molar-refractivity contribution in [3.63, 3.8) is 0 Å². The van der Waals surface area contributed by atoms with Crippen LogP contribution in [0.5, 0.6) is 17.4 Å². The van der Waals surface area contributed by atoms with E-state index in [-0.39, 0.29) is 5.91 Å². The van der Waals surface area contributed by atoms with Crippen molar-refractivity contribution >= 4 is 5.91 Å². The summed E-state index contributed by atoms with van der Waals surface area (Å²) in [6.07, 6.45) is 1.63. The molecule has 0 saturated carbocycles. The van der Waals surface area contributed by atoms with E-state index in [0.29, 0.717) is 29.6 Å². The van der Waals surface area contributed by atoms with E-state index in [2.05, 4.69) is 15.3 Å². The van der Waals surface area contributed by atoms with Crippen LogP contribution in [0.15, 0.2) is 85.1 Å². The van der Waals surface area contributed by atoms with Crippen molar-refractivity contribution in [3.8, 4) is 28.8 Å². The van der Waals surface area contributed by atoms with Gasteiger partial charge in [-0.25, -0.2) is 4.98 Å². The first kappa shape index (κ1) is 21.1. The molecule has 1 heterocycles. The highest BCUT2D eigenvalue weighted by Gasteiger charge is 2.10. The van der Waals surface area contributed by atoms with Crippen LogP contribution in [0.1, 0.15) is 21.5 Å². The summed E-state index contributed by atoms with van der Waals surface area (Å²) in [4.78, 5) is 21.5. The van der Waals surface area contributed by atoms with E-state index in [9.17, 15) is 4.79 Å². The topological polar surface area (TPSA) is 73.3 Å². The Balaban J connectivity index is 1.48. The SMILES string of the molecule is COc1ccc(Oc2ccnc(-c3cccc(C(=O)NCc4ccccc4C)c3)n2)cc1. The van der Waals surface area contributed by atoms with Gasteiger partial charge in [0.1, 0.15) is 11.5 Å². The third-order valence-electron chi connectivity index (χ3n) is 5.00. The Labute approximate surface area is 186 Å². The summed E-state index contributed by atoms with van der Waals surface area (Å²) in [7, 11) is 1.61. The number of nitrogens with zero attached hydrogens (tertiary/aromatic N) is 2. The minimum Gasteiger partial charge on any atom is -0.497 e. The van der Waals surface area contributed by atoms with Crippen molar-refractivity contribution in [2.24, 2.45) is 0 Å². The molecule has 32 heavy (non-hydrogen) atoms. The molecule has 0 fully saturated rings. The Hall–Kier alpha value is -4.19. The van der Waals surface area contributed by atoms with E-state index in [0.717, 1.165) is 22.4 Å². The third-order valence-corrected chi connectivity index (χ3v) is 5.00. The molecular weight excluding hydrogens is 402 g/mol. The zero-order valence-electron chi connectivity index (χ0n) is 17.9. The van der Waals surface area contributed by atoms with Crippen LogP contribution in [-0.2, 0) is 6.54 Å². The lowest BCUT2D eigenvalue weighted by atomic mass is 10.1. The van der Waals surface area contributed by atoms with E-state index in [4.69, 9.17) is 9.47 Å². The van der Waals surface area contributed by atoms with Crippen LogP contribution in [0, 0.1) is 6.92 Å². The largest absolute Gasteiger partial charge is 0.497 e. The second-order valence-corrected chi connectivity index (χ2v) is 7.19. The molecule has 4 rings (SSSR count). The number of carbonyl (C=O) groups excluding carboxylic acids is 1. The number of rotatable bonds is 7. The molecule has 0 unspecified atom stereocenters. The molecule has 3 aromatic carbocycles. The summed E-state index contributed by atoms with van der Waals surface area (Å²) in [5.41, 5.74) is 3.50. The molecule has 1 N–H and O–H groups in total. The molecule has 0 radical (unpaired) electrons. The molecule has 6 nitrogen and oxygen atoms in total. The number of methoxy groups -OCH3 is 1. The Kier molecular flexibility index (Phi) is 6.41. The quantitative estimate of drug-likeness (QED) is 0.441. The van der Waals surface area contributed by atoms with E-state index in [1.165, 1.54) is 0 Å². The number of benzene rings is 3. The number of aromatic nitrogens is 2. The maximum Gasteiger partial charge on any atom is 0.251 e. The molecule has 0 aliphatic heterocycles. The summed E-state index contributed by atoms with van der Waals surface area (Å²) in [5.74, 6) is 2.12. The van der Waals surface area contributed by atoms with Crippen LogP contribution in [0.2, 0.25) is 0 Å². The van der Waals surface area contributed by atoms with Crippen molar-refractivity contribution in [3.05, 3.63) is 102 Å². The molecule has 0 spiro atoms. The zero-order valence-corrected chi connectivity index (χ0v) is 17.9. The molecule has 0 aliphatic carbocycles. The van der Waals surface area contributed by atoms with Gasteiger partial charge in [-0.3, -0.25) is 4.79 Å². The number of hydrogen-bond acceptors (Lipinski definition) is 5. The number of carbonyl (C=O) groups is 1. The first-order valence-electron chi connectivity index (χ1n) is 10.2. The Morgan fingerprint density at radius 3 is 2.50 bits per heavy atom. The summed E-state index contributed by atoms with van der Waals surface area (Å²) in [6.45, 7) is 2.50. The van der Waals surface area contributed by atoms with E-state index in [1.54, 1.807) is 43.6 Å². The lowest BCUT2D eigenvalue weighted by molar-refractivity contribution is 0.0951. The van der Waals surface area contributed by atoms with E-state index < -0.39 is 0 Å². The van der Waals surface area contributed by atoms with Gasteiger partial charge in [0, 0.05) is 29.9 Å². The molecule has 0 atom stereocenters. The maximum absolute atomic E-state index is 12.7. The molecule has 0 aliphatic rings. The average molecular weight is 425 g/mol. The van der Waals surface area contributed by atoms with Crippen LogP contribution >= 0.6 is 0 Å². The highest BCUT2D eigenvalue weighted by atomic mass is 16.5. The lowest BCUT2D eigenvalue weighted by Crippen LogP contribution is -2.23. The fourth-order valence-corrected chi connectivity index (χ4v) is 3.19. The fraction of sp³-hybridized carbons (Fsp3) is 0.115. The van der Waals surface area contributed by atoms with Gasteiger partial charge < -0.3 is 14.8 Å². The second-order valence-electron chi connectivity index (χ2n) is 7.19. The molecule has 6 heteroatoms. The number of amides is 1. The smallest absolute Gasteiger partial charge is 0.251 e. The summed E-state index contributed by atoms with van der Waals surface area (Å²) >= 11 is 0. The van der Waals surface area contributed by atoms with Crippen molar-refractivity contribution in [2.45, 2.75) is 13.5 Å². The second kappa shape index (κ2) is 9.75. The predicted molar refractivity (Wildman–Crippen MR) is 123 cm³/mol. The Bertz CT molecular complexity index is 1220. The minimum absolute atomic E-state index is 0.152. The van der Waals surface area contributed by atoms with Crippen LogP contribution < -0.4 is 14.8 Å². The molecule has 1 amide bonds. The average Bonchev–Trinajstić information content (AvgIpc) is 2.84. The van der Waals surface area contributed by atoms with Gasteiger partial charge in [0.25, 0.3) is 5.91 Å². The molecule has 4 aromatic rings. The minimum atomic E-state index is -0.152. The van der Waals surface area contributed by atoms with Crippen LogP contribution in [0.25, 0.3) is 11.4 Å². The van der Waals surface area contributed by atoms with Gasteiger partial charge in [0.05, 0.1) is 7.11 Å². The Morgan fingerprint density at radius 1 is 0.938 bits per heavy atom. The van der Waals surface area contributed by atoms with E-state index in [1.807, 2.05) is 55.5 Å². The standard InChI is InChI=1S/C26H23N3O3/c1-18-6-3-4-7-21(18)17-28-26(30)20-9-5-8-19(16-20)25-27-15-14-24(29-25)32-23-12-10-22(31-2)11-13-23/h3-16H,17H2,1-2H3,(H,28,30). The normalized spacial score (nSPS) is 10.4. The van der Waals surface area contributed by atoms with Gasteiger partial charge in [0.15, 0.2) is 5.82 Å². The maximum atomic E-state index is 12.7. The lowest BCUT2D eigenvalue weighted by Gasteiger charge is -2.09. The molecular formula is C26H23N3O3. The monoisotopic (exact) mass is 425 g/mol. The fourth-order valence-electron chi connectivity index (χ4n) is 3.19. The van der Waals surface area contributed by atoms with Gasteiger partial charge in [-0.05, 0) is 54.4 Å². The van der Waals surface area contributed by atoms with Gasteiger partial charge in [-0.1, -0.05) is 36.4 Å². The predicted octanol–water partition coefficient (Wildman–Crippen LogP) is 5.18. The number of ether oxygens (including phenoxy) is 2. The van der Waals surface area contributed by atoms with Crippen LogP contribution in [0.3, 0.4) is 0 Å². The van der Waals surface area contributed by atoms with Gasteiger partial charge in [0.2, 0.25) is 5.88 Å². The van der Waals surface area contributed by atoms with Crippen molar-refractivity contribution < 1.29 is 14.3 Å².